The van der Waals surface area contributed by atoms with Crippen molar-refractivity contribution < 1.29 is 9.53 Å². The predicted molar refractivity (Wildman–Crippen MR) is 58.8 cm³/mol. The summed E-state index contributed by atoms with van der Waals surface area (Å²) in [6.07, 6.45) is 0. The smallest absolute Gasteiger partial charge is 0.229 e. The van der Waals surface area contributed by atoms with E-state index in [2.05, 4.69) is 17.9 Å². The number of benzene rings is 1. The fourth-order valence-electron chi connectivity index (χ4n) is 0.932. The Labute approximate surface area is 88.9 Å². The second kappa shape index (κ2) is 6.32. The monoisotopic (exact) mass is 211 g/mol. The normalized spacial score (nSPS) is 9.50. The lowest BCUT2D eigenvalue weighted by molar-refractivity contribution is -0.118. The minimum absolute atomic E-state index is 0.0787. The van der Waals surface area contributed by atoms with E-state index in [1.54, 1.807) is 0 Å². The summed E-state index contributed by atoms with van der Waals surface area (Å²) in [5.74, 6) is 0.948. The van der Waals surface area contributed by atoms with Gasteiger partial charge >= 0.3 is 0 Å². The summed E-state index contributed by atoms with van der Waals surface area (Å²) in [7, 11) is 0. The molecule has 0 aliphatic heterocycles. The van der Waals surface area contributed by atoms with Gasteiger partial charge in [0.05, 0.1) is 12.3 Å². The van der Waals surface area contributed by atoms with E-state index in [0.717, 1.165) is 5.75 Å². The van der Waals surface area contributed by atoms with Gasteiger partial charge in [0.2, 0.25) is 5.91 Å². The van der Waals surface area contributed by atoms with Crippen molar-refractivity contribution in [3.8, 4) is 5.75 Å². The number of carbonyl (C=O) groups excluding carboxylic acids is 1. The van der Waals surface area contributed by atoms with E-state index < -0.39 is 0 Å². The molecule has 0 bridgehead atoms. The molecule has 0 atom stereocenters. The average molecular weight is 211 g/mol. The molecule has 0 unspecified atom stereocenters. The third-order valence-corrected chi connectivity index (χ3v) is 1.87. The number of ether oxygens (including phenoxy) is 1. The van der Waals surface area contributed by atoms with Crippen LogP contribution in [0.4, 0.5) is 0 Å². The fourth-order valence-corrected chi connectivity index (χ4v) is 1.04. The standard InChI is InChI=1S/C10H13NO2S/c12-10(8-14)11-6-7-13-9-4-2-1-3-5-9/h1-5,14H,6-8H2,(H,11,12). The van der Waals surface area contributed by atoms with E-state index in [9.17, 15) is 4.79 Å². The van der Waals surface area contributed by atoms with Gasteiger partial charge in [-0.1, -0.05) is 18.2 Å². The third kappa shape index (κ3) is 4.18. The number of carbonyl (C=O) groups is 1. The second-order valence-corrected chi connectivity index (χ2v) is 2.99. The molecule has 1 rings (SSSR count). The van der Waals surface area contributed by atoms with Crippen molar-refractivity contribution in [2.45, 2.75) is 0 Å². The molecule has 0 saturated heterocycles. The number of hydrogen-bond donors (Lipinski definition) is 2. The number of thiol groups is 1. The second-order valence-electron chi connectivity index (χ2n) is 2.67. The van der Waals surface area contributed by atoms with E-state index in [-0.39, 0.29) is 11.7 Å². The lowest BCUT2D eigenvalue weighted by atomic mass is 10.3. The Balaban J connectivity index is 2.13. The van der Waals surface area contributed by atoms with Crippen LogP contribution in [-0.2, 0) is 4.79 Å². The highest BCUT2D eigenvalue weighted by atomic mass is 32.1. The van der Waals surface area contributed by atoms with Crippen molar-refractivity contribution in [2.75, 3.05) is 18.9 Å². The Morgan fingerprint density at radius 2 is 2.07 bits per heavy atom. The van der Waals surface area contributed by atoms with Crippen molar-refractivity contribution in [1.82, 2.24) is 5.32 Å². The molecule has 14 heavy (non-hydrogen) atoms. The summed E-state index contributed by atoms with van der Waals surface area (Å²) in [6, 6.07) is 9.49. The first kappa shape index (κ1) is 10.9. The van der Waals surface area contributed by atoms with Crippen LogP contribution in [0.15, 0.2) is 30.3 Å². The maximum atomic E-state index is 10.8. The van der Waals surface area contributed by atoms with Gasteiger partial charge in [0.1, 0.15) is 12.4 Å². The Morgan fingerprint density at radius 3 is 2.71 bits per heavy atom. The van der Waals surface area contributed by atoms with Crippen LogP contribution < -0.4 is 10.1 Å². The van der Waals surface area contributed by atoms with E-state index in [1.807, 2.05) is 30.3 Å². The van der Waals surface area contributed by atoms with Crippen LogP contribution in [0.5, 0.6) is 5.75 Å². The largest absolute Gasteiger partial charge is 0.492 e. The van der Waals surface area contributed by atoms with Gasteiger partial charge in [0.15, 0.2) is 0 Å². The van der Waals surface area contributed by atoms with Crippen LogP contribution in [-0.4, -0.2) is 24.8 Å². The zero-order chi connectivity index (χ0) is 10.2. The van der Waals surface area contributed by atoms with Gasteiger partial charge in [0, 0.05) is 0 Å². The fraction of sp³-hybridized carbons (Fsp3) is 0.300. The Morgan fingerprint density at radius 1 is 1.36 bits per heavy atom. The van der Waals surface area contributed by atoms with Crippen LogP contribution in [0, 0.1) is 0 Å². The lowest BCUT2D eigenvalue weighted by Gasteiger charge is -2.06. The SMILES string of the molecule is O=C(CS)NCCOc1ccccc1. The summed E-state index contributed by atoms with van der Waals surface area (Å²) in [5, 5.41) is 2.66. The van der Waals surface area contributed by atoms with Crippen LogP contribution >= 0.6 is 12.6 Å². The number of hydrogen-bond acceptors (Lipinski definition) is 3. The number of nitrogens with one attached hydrogen (secondary N) is 1. The lowest BCUT2D eigenvalue weighted by Crippen LogP contribution is -2.28. The molecule has 76 valence electrons. The topological polar surface area (TPSA) is 38.3 Å². The molecule has 1 amide bonds. The molecule has 3 nitrogen and oxygen atoms in total. The molecule has 0 spiro atoms. The summed E-state index contributed by atoms with van der Waals surface area (Å²) < 4.78 is 5.36. The highest BCUT2D eigenvalue weighted by Gasteiger charge is 1.95. The molecule has 0 aromatic heterocycles. The predicted octanol–water partition coefficient (Wildman–Crippen LogP) is 1.11. The first-order valence-corrected chi connectivity index (χ1v) is 5.01. The average Bonchev–Trinajstić information content (AvgIpc) is 2.25. The molecule has 1 aromatic rings. The molecule has 0 heterocycles. The molecule has 0 radical (unpaired) electrons. The van der Waals surface area contributed by atoms with Crippen molar-refractivity contribution in [1.29, 1.82) is 0 Å². The molecular formula is C10H13NO2S. The van der Waals surface area contributed by atoms with Gasteiger partial charge in [-0.15, -0.1) is 0 Å². The number of amides is 1. The first-order chi connectivity index (χ1) is 6.83. The van der Waals surface area contributed by atoms with Gasteiger partial charge in [0.25, 0.3) is 0 Å². The summed E-state index contributed by atoms with van der Waals surface area (Å²) >= 11 is 3.83. The summed E-state index contributed by atoms with van der Waals surface area (Å²) in [4.78, 5) is 10.8. The van der Waals surface area contributed by atoms with Gasteiger partial charge in [-0.2, -0.15) is 12.6 Å². The van der Waals surface area contributed by atoms with E-state index in [4.69, 9.17) is 4.74 Å². The molecule has 4 heteroatoms. The van der Waals surface area contributed by atoms with Crippen LogP contribution in [0.3, 0.4) is 0 Å². The molecule has 0 aliphatic rings. The molecule has 0 aliphatic carbocycles. The number of rotatable bonds is 5. The zero-order valence-corrected chi connectivity index (χ0v) is 8.67. The summed E-state index contributed by atoms with van der Waals surface area (Å²) in [5.41, 5.74) is 0. The highest BCUT2D eigenvalue weighted by Crippen LogP contribution is 2.07. The first-order valence-electron chi connectivity index (χ1n) is 4.38. The Bertz CT molecular complexity index is 277. The Kier molecular flexibility index (Phi) is 4.93. The quantitative estimate of drug-likeness (QED) is 0.565. The molecule has 1 N–H and O–H groups in total. The maximum absolute atomic E-state index is 10.8. The van der Waals surface area contributed by atoms with E-state index in [0.29, 0.717) is 13.2 Å². The zero-order valence-electron chi connectivity index (χ0n) is 7.77. The van der Waals surface area contributed by atoms with Crippen LogP contribution in [0.2, 0.25) is 0 Å². The van der Waals surface area contributed by atoms with Gasteiger partial charge in [-0.25, -0.2) is 0 Å². The maximum Gasteiger partial charge on any atom is 0.229 e. The minimum atomic E-state index is -0.0787. The van der Waals surface area contributed by atoms with Gasteiger partial charge in [-0.05, 0) is 12.1 Å². The molecule has 0 fully saturated rings. The third-order valence-electron chi connectivity index (χ3n) is 1.58. The van der Waals surface area contributed by atoms with Gasteiger partial charge in [-0.3, -0.25) is 4.79 Å². The van der Waals surface area contributed by atoms with Crippen molar-refractivity contribution in [3.63, 3.8) is 0 Å². The van der Waals surface area contributed by atoms with Crippen LogP contribution in [0.1, 0.15) is 0 Å². The van der Waals surface area contributed by atoms with Crippen molar-refractivity contribution in [3.05, 3.63) is 30.3 Å². The van der Waals surface area contributed by atoms with Crippen LogP contribution in [0.25, 0.3) is 0 Å². The van der Waals surface area contributed by atoms with Crippen molar-refractivity contribution in [2.24, 2.45) is 0 Å². The molecule has 0 saturated carbocycles. The van der Waals surface area contributed by atoms with E-state index in [1.165, 1.54) is 0 Å². The molecular weight excluding hydrogens is 198 g/mol. The summed E-state index contributed by atoms with van der Waals surface area (Å²) in [6.45, 7) is 0.984. The highest BCUT2D eigenvalue weighted by molar-refractivity contribution is 7.81. The van der Waals surface area contributed by atoms with Crippen molar-refractivity contribution >= 4 is 18.5 Å². The van der Waals surface area contributed by atoms with E-state index >= 15 is 0 Å². The minimum Gasteiger partial charge on any atom is -0.492 e. The Hall–Kier alpha value is -1.16. The molecule has 1 aromatic carbocycles. The van der Waals surface area contributed by atoms with Gasteiger partial charge < -0.3 is 10.1 Å². The number of para-hydroxylation sites is 1.